The SMILES string of the molecule is CCC(Br)c1cn(CC2CCCCC2)nn1. The number of hydrogen-bond acceptors (Lipinski definition) is 2. The summed E-state index contributed by atoms with van der Waals surface area (Å²) in [6.07, 6.45) is 10.1. The van der Waals surface area contributed by atoms with Crippen molar-refractivity contribution in [2.24, 2.45) is 5.92 Å². The molecule has 16 heavy (non-hydrogen) atoms. The molecule has 0 spiro atoms. The van der Waals surface area contributed by atoms with Gasteiger partial charge in [-0.25, -0.2) is 0 Å². The van der Waals surface area contributed by atoms with Gasteiger partial charge in [-0.05, 0) is 25.2 Å². The van der Waals surface area contributed by atoms with E-state index in [1.165, 1.54) is 32.1 Å². The monoisotopic (exact) mass is 285 g/mol. The van der Waals surface area contributed by atoms with Crippen molar-refractivity contribution in [1.82, 2.24) is 15.0 Å². The molecule has 1 aromatic rings. The second-order valence-electron chi connectivity index (χ2n) is 4.75. The molecule has 4 heteroatoms. The summed E-state index contributed by atoms with van der Waals surface area (Å²) in [5.74, 6) is 0.818. The van der Waals surface area contributed by atoms with Gasteiger partial charge in [0.2, 0.25) is 0 Å². The van der Waals surface area contributed by atoms with Gasteiger partial charge in [-0.2, -0.15) is 0 Å². The summed E-state index contributed by atoms with van der Waals surface area (Å²) in [6, 6.07) is 0. The molecule has 2 rings (SSSR count). The fourth-order valence-corrected chi connectivity index (χ4v) is 2.60. The van der Waals surface area contributed by atoms with E-state index in [-0.39, 0.29) is 0 Å². The van der Waals surface area contributed by atoms with Gasteiger partial charge in [0.1, 0.15) is 0 Å². The van der Waals surface area contributed by atoms with E-state index >= 15 is 0 Å². The van der Waals surface area contributed by atoms with E-state index in [1.807, 2.05) is 4.68 Å². The Labute approximate surface area is 106 Å². The molecule has 1 heterocycles. The number of nitrogens with zero attached hydrogens (tertiary/aromatic N) is 3. The lowest BCUT2D eigenvalue weighted by atomic mass is 9.89. The van der Waals surface area contributed by atoms with E-state index in [0.29, 0.717) is 4.83 Å². The van der Waals surface area contributed by atoms with E-state index in [2.05, 4.69) is 39.4 Å². The largest absolute Gasteiger partial charge is 0.252 e. The summed E-state index contributed by atoms with van der Waals surface area (Å²) < 4.78 is 2.02. The first-order chi connectivity index (χ1) is 7.79. The van der Waals surface area contributed by atoms with Crippen LogP contribution in [0.15, 0.2) is 6.20 Å². The van der Waals surface area contributed by atoms with Crippen molar-refractivity contribution in [2.75, 3.05) is 0 Å². The average molecular weight is 286 g/mol. The third-order valence-electron chi connectivity index (χ3n) is 3.41. The summed E-state index contributed by atoms with van der Waals surface area (Å²) in [5.41, 5.74) is 1.07. The predicted molar refractivity (Wildman–Crippen MR) is 68.6 cm³/mol. The maximum Gasteiger partial charge on any atom is 0.0963 e. The van der Waals surface area contributed by atoms with Crippen molar-refractivity contribution in [3.05, 3.63) is 11.9 Å². The van der Waals surface area contributed by atoms with Crippen molar-refractivity contribution < 1.29 is 0 Å². The first kappa shape index (κ1) is 12.1. The lowest BCUT2D eigenvalue weighted by molar-refractivity contribution is 0.305. The van der Waals surface area contributed by atoms with E-state index in [1.54, 1.807) is 0 Å². The highest BCUT2D eigenvalue weighted by molar-refractivity contribution is 9.09. The van der Waals surface area contributed by atoms with Crippen LogP contribution in [0.3, 0.4) is 0 Å². The second kappa shape index (κ2) is 5.80. The van der Waals surface area contributed by atoms with Crippen LogP contribution >= 0.6 is 15.9 Å². The summed E-state index contributed by atoms with van der Waals surface area (Å²) in [4.78, 5) is 0.354. The third kappa shape index (κ3) is 3.06. The molecule has 1 atom stereocenters. The fourth-order valence-electron chi connectivity index (χ4n) is 2.39. The van der Waals surface area contributed by atoms with Crippen LogP contribution in [0.5, 0.6) is 0 Å². The predicted octanol–water partition coefficient (Wildman–Crippen LogP) is 3.70. The van der Waals surface area contributed by atoms with Gasteiger partial charge in [0.05, 0.1) is 10.5 Å². The van der Waals surface area contributed by atoms with Gasteiger partial charge >= 0.3 is 0 Å². The first-order valence-electron chi connectivity index (χ1n) is 6.33. The molecule has 1 saturated carbocycles. The van der Waals surface area contributed by atoms with Crippen molar-refractivity contribution in [3.63, 3.8) is 0 Å². The highest BCUT2D eigenvalue weighted by Crippen LogP contribution is 2.26. The molecular formula is C12H20BrN3. The van der Waals surface area contributed by atoms with Crippen LogP contribution in [0.1, 0.15) is 56.0 Å². The standard InChI is InChI=1S/C12H20BrN3/c1-2-11(13)12-9-16(15-14-12)8-10-6-4-3-5-7-10/h9-11H,2-8H2,1H3. The molecule has 3 nitrogen and oxygen atoms in total. The minimum atomic E-state index is 0.354. The van der Waals surface area contributed by atoms with Gasteiger partial charge in [0.15, 0.2) is 0 Å². The van der Waals surface area contributed by atoms with Gasteiger partial charge in [-0.15, -0.1) is 5.10 Å². The van der Waals surface area contributed by atoms with Gasteiger partial charge in [-0.3, -0.25) is 4.68 Å². The smallest absolute Gasteiger partial charge is 0.0963 e. The number of halogens is 1. The Bertz CT molecular complexity index is 318. The molecule has 1 unspecified atom stereocenters. The Morgan fingerprint density at radius 2 is 2.19 bits per heavy atom. The number of aromatic nitrogens is 3. The molecule has 0 aromatic carbocycles. The van der Waals surface area contributed by atoms with Crippen molar-refractivity contribution in [1.29, 1.82) is 0 Å². The highest BCUT2D eigenvalue weighted by atomic mass is 79.9. The molecule has 0 N–H and O–H groups in total. The van der Waals surface area contributed by atoms with Crippen LogP contribution in [-0.4, -0.2) is 15.0 Å². The van der Waals surface area contributed by atoms with Crippen LogP contribution in [0, 0.1) is 5.92 Å². The normalized spacial score (nSPS) is 19.9. The first-order valence-corrected chi connectivity index (χ1v) is 7.25. The summed E-state index contributed by atoms with van der Waals surface area (Å²) in [5, 5.41) is 8.43. The molecule has 0 amide bonds. The van der Waals surface area contributed by atoms with Crippen molar-refractivity contribution >= 4 is 15.9 Å². The Morgan fingerprint density at radius 3 is 2.88 bits per heavy atom. The van der Waals surface area contributed by atoms with Crippen molar-refractivity contribution in [2.45, 2.75) is 56.8 Å². The van der Waals surface area contributed by atoms with E-state index in [4.69, 9.17) is 0 Å². The number of hydrogen-bond donors (Lipinski definition) is 0. The summed E-state index contributed by atoms with van der Waals surface area (Å²) >= 11 is 3.61. The molecular weight excluding hydrogens is 266 g/mol. The third-order valence-corrected chi connectivity index (χ3v) is 4.52. The van der Waals surface area contributed by atoms with Crippen molar-refractivity contribution in [3.8, 4) is 0 Å². The Balaban J connectivity index is 1.91. The van der Waals surface area contributed by atoms with E-state index in [0.717, 1.165) is 24.6 Å². The van der Waals surface area contributed by atoms with Crippen LogP contribution < -0.4 is 0 Å². The molecule has 1 aliphatic rings. The zero-order valence-corrected chi connectivity index (χ0v) is 11.5. The molecule has 0 bridgehead atoms. The summed E-state index contributed by atoms with van der Waals surface area (Å²) in [7, 11) is 0. The fraction of sp³-hybridized carbons (Fsp3) is 0.833. The van der Waals surface area contributed by atoms with Crippen LogP contribution in [-0.2, 0) is 6.54 Å². The van der Waals surface area contributed by atoms with Gasteiger partial charge in [0.25, 0.3) is 0 Å². The van der Waals surface area contributed by atoms with Gasteiger partial charge in [0, 0.05) is 12.7 Å². The zero-order chi connectivity index (χ0) is 11.4. The minimum Gasteiger partial charge on any atom is -0.252 e. The Morgan fingerprint density at radius 1 is 1.44 bits per heavy atom. The maximum atomic E-state index is 4.22. The van der Waals surface area contributed by atoms with Gasteiger partial charge in [-0.1, -0.05) is 47.3 Å². The van der Waals surface area contributed by atoms with E-state index < -0.39 is 0 Å². The number of alkyl halides is 1. The number of rotatable bonds is 4. The lowest BCUT2D eigenvalue weighted by Gasteiger charge is -2.20. The quantitative estimate of drug-likeness (QED) is 0.790. The second-order valence-corrected chi connectivity index (χ2v) is 5.85. The van der Waals surface area contributed by atoms with Gasteiger partial charge < -0.3 is 0 Å². The Kier molecular flexibility index (Phi) is 4.38. The Hall–Kier alpha value is -0.380. The van der Waals surface area contributed by atoms with Crippen LogP contribution in [0.2, 0.25) is 0 Å². The zero-order valence-electron chi connectivity index (χ0n) is 9.90. The molecule has 0 aliphatic heterocycles. The molecule has 90 valence electrons. The highest BCUT2D eigenvalue weighted by Gasteiger charge is 2.16. The van der Waals surface area contributed by atoms with Crippen LogP contribution in [0.4, 0.5) is 0 Å². The molecule has 0 radical (unpaired) electrons. The lowest BCUT2D eigenvalue weighted by Crippen LogP contribution is -2.14. The minimum absolute atomic E-state index is 0.354. The van der Waals surface area contributed by atoms with Crippen LogP contribution in [0.25, 0.3) is 0 Å². The van der Waals surface area contributed by atoms with E-state index in [9.17, 15) is 0 Å². The molecule has 1 fully saturated rings. The maximum absolute atomic E-state index is 4.22. The average Bonchev–Trinajstić information content (AvgIpc) is 2.78. The summed E-state index contributed by atoms with van der Waals surface area (Å²) in [6.45, 7) is 3.20. The molecule has 1 aliphatic carbocycles. The molecule has 1 aromatic heterocycles. The molecule has 0 saturated heterocycles. The topological polar surface area (TPSA) is 30.7 Å².